The Morgan fingerprint density at radius 3 is 2.00 bits per heavy atom. The van der Waals surface area contributed by atoms with Crippen LogP contribution in [0.1, 0.15) is 38.1 Å². The second kappa shape index (κ2) is 11.6. The third-order valence-corrected chi connectivity index (χ3v) is 5.29. The summed E-state index contributed by atoms with van der Waals surface area (Å²) in [4.78, 5) is 60.3. The Morgan fingerprint density at radius 1 is 0.778 bits per heavy atom. The SMILES string of the molecule is CC(=O)OC[C@@H]1O[C@H](OC(C)=O)[C@H](NC(=O)c2ccc3ccccc3c2)[C@@H](OC(C)=O)[C@@H]1OC(C)=O. The molecule has 0 bridgehead atoms. The van der Waals surface area contributed by atoms with Crippen LogP contribution in [0.25, 0.3) is 10.8 Å². The molecule has 1 fully saturated rings. The van der Waals surface area contributed by atoms with E-state index in [9.17, 15) is 24.0 Å². The van der Waals surface area contributed by atoms with Gasteiger partial charge in [0.2, 0.25) is 6.29 Å². The summed E-state index contributed by atoms with van der Waals surface area (Å²) in [6.07, 6.45) is -5.25. The van der Waals surface area contributed by atoms with E-state index in [1.807, 2.05) is 24.3 Å². The summed E-state index contributed by atoms with van der Waals surface area (Å²) in [6, 6.07) is 11.2. The minimum Gasteiger partial charge on any atom is -0.463 e. The van der Waals surface area contributed by atoms with Gasteiger partial charge in [0.05, 0.1) is 0 Å². The van der Waals surface area contributed by atoms with Crippen molar-refractivity contribution in [3.05, 3.63) is 48.0 Å². The van der Waals surface area contributed by atoms with Crippen molar-refractivity contribution in [1.82, 2.24) is 5.32 Å². The lowest BCUT2D eigenvalue weighted by molar-refractivity contribution is -0.270. The van der Waals surface area contributed by atoms with Gasteiger partial charge in [0.25, 0.3) is 5.91 Å². The molecule has 0 radical (unpaired) electrons. The molecule has 36 heavy (non-hydrogen) atoms. The van der Waals surface area contributed by atoms with Crippen LogP contribution < -0.4 is 5.32 Å². The Bertz CT molecular complexity index is 1160. The van der Waals surface area contributed by atoms with Gasteiger partial charge in [-0.2, -0.15) is 0 Å². The van der Waals surface area contributed by atoms with E-state index in [2.05, 4.69) is 5.32 Å². The first-order valence-electron chi connectivity index (χ1n) is 11.1. The number of hydrogen-bond donors (Lipinski definition) is 1. The van der Waals surface area contributed by atoms with Gasteiger partial charge in [0.1, 0.15) is 18.8 Å². The molecule has 1 N–H and O–H groups in total. The number of hydrogen-bond acceptors (Lipinski definition) is 10. The molecule has 2 aromatic carbocycles. The third kappa shape index (κ3) is 6.79. The highest BCUT2D eigenvalue weighted by Crippen LogP contribution is 2.28. The van der Waals surface area contributed by atoms with Crippen LogP contribution in [0.2, 0.25) is 0 Å². The normalized spacial score (nSPS) is 23.3. The number of benzene rings is 2. The topological polar surface area (TPSA) is 144 Å². The Morgan fingerprint density at radius 2 is 1.39 bits per heavy atom. The molecular formula is C25H27NO10. The van der Waals surface area contributed by atoms with Crippen molar-refractivity contribution in [1.29, 1.82) is 0 Å². The molecule has 0 aliphatic carbocycles. The van der Waals surface area contributed by atoms with Crippen molar-refractivity contribution >= 4 is 40.6 Å². The molecule has 2 aromatic rings. The molecule has 5 atom stereocenters. The zero-order valence-electron chi connectivity index (χ0n) is 20.2. The highest BCUT2D eigenvalue weighted by molar-refractivity contribution is 5.98. The van der Waals surface area contributed by atoms with Gasteiger partial charge in [-0.15, -0.1) is 0 Å². The van der Waals surface area contributed by atoms with Crippen molar-refractivity contribution in [2.45, 2.75) is 58.3 Å². The van der Waals surface area contributed by atoms with Crippen LogP contribution >= 0.6 is 0 Å². The van der Waals surface area contributed by atoms with Gasteiger partial charge in [-0.3, -0.25) is 24.0 Å². The lowest BCUT2D eigenvalue weighted by atomic mass is 9.95. The molecule has 0 spiro atoms. The standard InChI is InChI=1S/C25H27NO10/c1-13(27)32-12-20-22(33-14(2)28)23(34-15(3)29)21(25(36-20)35-16(4)30)26-24(31)19-10-9-17-7-5-6-8-18(17)11-19/h5-11,20-23,25H,12H2,1-4H3,(H,26,31)/t20-,21+,22+,23+,25-/m0/s1. The van der Waals surface area contributed by atoms with Gasteiger partial charge in [0.15, 0.2) is 12.2 Å². The second-order valence-corrected chi connectivity index (χ2v) is 8.16. The fourth-order valence-electron chi connectivity index (χ4n) is 3.89. The molecular weight excluding hydrogens is 474 g/mol. The van der Waals surface area contributed by atoms with Crippen LogP contribution in [0.15, 0.2) is 42.5 Å². The number of carbonyl (C=O) groups is 5. The number of carbonyl (C=O) groups excluding carboxylic acids is 5. The van der Waals surface area contributed by atoms with Gasteiger partial charge < -0.3 is 29.0 Å². The van der Waals surface area contributed by atoms with E-state index in [0.717, 1.165) is 31.5 Å². The molecule has 0 unspecified atom stereocenters. The van der Waals surface area contributed by atoms with Crippen molar-refractivity contribution in [3.8, 4) is 0 Å². The lowest BCUT2D eigenvalue weighted by Gasteiger charge is -2.44. The molecule has 11 nitrogen and oxygen atoms in total. The highest BCUT2D eigenvalue weighted by atomic mass is 16.7. The highest BCUT2D eigenvalue weighted by Gasteiger charge is 2.52. The summed E-state index contributed by atoms with van der Waals surface area (Å²) in [7, 11) is 0. The van der Waals surface area contributed by atoms with E-state index in [4.69, 9.17) is 23.7 Å². The number of nitrogens with one attached hydrogen (secondary N) is 1. The van der Waals surface area contributed by atoms with Crippen LogP contribution in [0.3, 0.4) is 0 Å². The molecule has 1 amide bonds. The summed E-state index contributed by atoms with van der Waals surface area (Å²) >= 11 is 0. The summed E-state index contributed by atoms with van der Waals surface area (Å²) in [5, 5.41) is 4.42. The predicted molar refractivity (Wildman–Crippen MR) is 123 cm³/mol. The smallest absolute Gasteiger partial charge is 0.305 e. The van der Waals surface area contributed by atoms with Crippen molar-refractivity contribution in [3.63, 3.8) is 0 Å². The Hall–Kier alpha value is -3.99. The predicted octanol–water partition coefficient (Wildman–Crippen LogP) is 1.65. The Balaban J connectivity index is 1.98. The maximum atomic E-state index is 13.2. The third-order valence-electron chi connectivity index (χ3n) is 5.29. The summed E-state index contributed by atoms with van der Waals surface area (Å²) in [6.45, 7) is 4.17. The largest absolute Gasteiger partial charge is 0.463 e. The molecule has 1 aliphatic rings. The zero-order chi connectivity index (χ0) is 26.4. The number of rotatable bonds is 7. The van der Waals surface area contributed by atoms with Gasteiger partial charge in [-0.05, 0) is 22.9 Å². The van der Waals surface area contributed by atoms with Gasteiger partial charge in [0, 0.05) is 33.3 Å². The van der Waals surface area contributed by atoms with E-state index in [1.54, 1.807) is 18.2 Å². The molecule has 0 saturated carbocycles. The van der Waals surface area contributed by atoms with Crippen molar-refractivity contribution < 1.29 is 47.7 Å². The number of ether oxygens (including phenoxy) is 5. The zero-order valence-corrected chi connectivity index (χ0v) is 20.2. The van der Waals surface area contributed by atoms with Crippen LogP contribution in [0, 0.1) is 0 Å². The van der Waals surface area contributed by atoms with Gasteiger partial charge >= 0.3 is 23.9 Å². The number of fused-ring (bicyclic) bond motifs is 1. The average Bonchev–Trinajstić information content (AvgIpc) is 2.80. The first kappa shape index (κ1) is 26.6. The minimum atomic E-state index is -1.45. The summed E-state index contributed by atoms with van der Waals surface area (Å²) in [5.41, 5.74) is 0.280. The molecule has 11 heteroatoms. The van der Waals surface area contributed by atoms with Gasteiger partial charge in [-0.1, -0.05) is 30.3 Å². The molecule has 1 saturated heterocycles. The number of esters is 4. The van der Waals surface area contributed by atoms with Gasteiger partial charge in [-0.25, -0.2) is 0 Å². The van der Waals surface area contributed by atoms with E-state index >= 15 is 0 Å². The molecule has 1 aliphatic heterocycles. The monoisotopic (exact) mass is 501 g/mol. The van der Waals surface area contributed by atoms with Crippen LogP contribution in [0.5, 0.6) is 0 Å². The maximum absolute atomic E-state index is 13.2. The molecule has 3 rings (SSSR count). The minimum absolute atomic E-state index is 0.280. The molecule has 192 valence electrons. The second-order valence-electron chi connectivity index (χ2n) is 8.16. The fraction of sp³-hybridized carbons (Fsp3) is 0.400. The van der Waals surface area contributed by atoms with E-state index in [-0.39, 0.29) is 5.56 Å². The lowest BCUT2D eigenvalue weighted by Crippen LogP contribution is -2.67. The Kier molecular flexibility index (Phi) is 8.59. The molecule has 1 heterocycles. The average molecular weight is 501 g/mol. The van der Waals surface area contributed by atoms with Crippen molar-refractivity contribution in [2.75, 3.05) is 6.61 Å². The van der Waals surface area contributed by atoms with Crippen LogP contribution in [-0.4, -0.2) is 67.0 Å². The van der Waals surface area contributed by atoms with Crippen LogP contribution in [-0.2, 0) is 42.9 Å². The van der Waals surface area contributed by atoms with Crippen LogP contribution in [0.4, 0.5) is 0 Å². The first-order chi connectivity index (χ1) is 17.0. The fourth-order valence-corrected chi connectivity index (χ4v) is 3.89. The van der Waals surface area contributed by atoms with Crippen molar-refractivity contribution in [2.24, 2.45) is 0 Å². The summed E-state index contributed by atoms with van der Waals surface area (Å²) in [5.74, 6) is -3.46. The maximum Gasteiger partial charge on any atom is 0.305 e. The number of amides is 1. The first-order valence-corrected chi connectivity index (χ1v) is 11.1. The summed E-state index contributed by atoms with van der Waals surface area (Å²) < 4.78 is 26.8. The van der Waals surface area contributed by atoms with E-state index in [1.165, 1.54) is 6.92 Å². The van der Waals surface area contributed by atoms with E-state index < -0.39 is 67.0 Å². The Labute approximate surface area is 207 Å². The molecule has 0 aromatic heterocycles. The van der Waals surface area contributed by atoms with E-state index in [0.29, 0.717) is 0 Å². The quantitative estimate of drug-likeness (QED) is 0.439.